The highest BCUT2D eigenvalue weighted by Crippen LogP contribution is 2.23. The van der Waals surface area contributed by atoms with Gasteiger partial charge in [-0.1, -0.05) is 154 Å². The molecule has 0 saturated carbocycles. The molecule has 5 unspecified atom stereocenters. The number of hydrogen-bond acceptors (Lipinski definition) is 21. The summed E-state index contributed by atoms with van der Waals surface area (Å²) in [5.74, 6) is -2.19. The van der Waals surface area contributed by atoms with Gasteiger partial charge in [0.1, 0.15) is 62.0 Å². The Labute approximate surface area is 531 Å². The van der Waals surface area contributed by atoms with Gasteiger partial charge >= 0.3 is 35.8 Å². The SMILES string of the molecule is CCCCCCC(C/C=C\CCCCCCCC(=O)OCCCCCCCCCCOC(=O)CCCCCCC/C=C/CC(CCCCCC)OC(=O)CCCC(=O)OC[C@H]1OC(O)C[C@@H](O)[C@@H]1O)OC(=O)CCCC(=O)OC[C@H]1OC(O)[C@@H](O)[C@@H](O)C1O. The molecule has 0 bridgehead atoms. The van der Waals surface area contributed by atoms with Crippen LogP contribution in [0.15, 0.2) is 24.3 Å². The summed E-state index contributed by atoms with van der Waals surface area (Å²) < 4.78 is 42.9. The summed E-state index contributed by atoms with van der Waals surface area (Å²) in [5, 5.41) is 68.5. The Morgan fingerprint density at radius 2 is 0.753 bits per heavy atom. The van der Waals surface area contributed by atoms with Crippen molar-refractivity contribution in [2.45, 2.75) is 345 Å². The van der Waals surface area contributed by atoms with Crippen LogP contribution in [0.25, 0.3) is 0 Å². The maximum absolute atomic E-state index is 12.7. The molecule has 21 heteroatoms. The molecule has 2 aliphatic rings. The summed E-state index contributed by atoms with van der Waals surface area (Å²) in [4.78, 5) is 74.3. The average molecular weight is 1270 g/mol. The van der Waals surface area contributed by atoms with Crippen LogP contribution in [0.1, 0.15) is 277 Å². The summed E-state index contributed by atoms with van der Waals surface area (Å²) >= 11 is 0. The molecule has 0 aromatic rings. The van der Waals surface area contributed by atoms with Crippen molar-refractivity contribution in [3.63, 3.8) is 0 Å². The Morgan fingerprint density at radius 1 is 0.382 bits per heavy atom. The number of unbranched alkanes of at least 4 members (excludes halogenated alkanes) is 23. The third kappa shape index (κ3) is 42.7. The smallest absolute Gasteiger partial charge is 0.306 e. The first-order valence-electron chi connectivity index (χ1n) is 34.4. The molecule has 11 atom stereocenters. The molecule has 0 aromatic heterocycles. The van der Waals surface area contributed by atoms with Crippen molar-refractivity contribution in [2.75, 3.05) is 26.4 Å². The van der Waals surface area contributed by atoms with Gasteiger partial charge in [-0.15, -0.1) is 0 Å². The van der Waals surface area contributed by atoms with E-state index >= 15 is 0 Å². The molecule has 2 heterocycles. The van der Waals surface area contributed by atoms with Crippen molar-refractivity contribution >= 4 is 35.8 Å². The molecule has 0 aliphatic carbocycles. The average Bonchev–Trinajstić information content (AvgIpc) is 3.63. The van der Waals surface area contributed by atoms with Crippen LogP contribution in [0, 0.1) is 0 Å². The molecule has 2 aliphatic heterocycles. The van der Waals surface area contributed by atoms with E-state index in [1.165, 1.54) is 0 Å². The second-order valence-corrected chi connectivity index (χ2v) is 24.3. The van der Waals surface area contributed by atoms with E-state index in [1.807, 2.05) is 0 Å². The monoisotopic (exact) mass is 1270 g/mol. The van der Waals surface area contributed by atoms with E-state index in [4.69, 9.17) is 37.9 Å². The first kappa shape index (κ1) is 81.0. The summed E-state index contributed by atoms with van der Waals surface area (Å²) in [6, 6.07) is 0. The van der Waals surface area contributed by atoms with Crippen LogP contribution < -0.4 is 0 Å². The zero-order valence-electron chi connectivity index (χ0n) is 54.3. The first-order valence-corrected chi connectivity index (χ1v) is 34.4. The highest BCUT2D eigenvalue weighted by molar-refractivity contribution is 5.73. The number of rotatable bonds is 55. The summed E-state index contributed by atoms with van der Waals surface area (Å²) in [6.07, 6.45) is 28.2. The van der Waals surface area contributed by atoms with E-state index < -0.39 is 73.9 Å². The van der Waals surface area contributed by atoms with E-state index in [0.717, 1.165) is 193 Å². The van der Waals surface area contributed by atoms with E-state index in [9.17, 15) is 64.5 Å². The van der Waals surface area contributed by atoms with Crippen LogP contribution in [-0.4, -0.2) is 166 Å². The molecule has 2 saturated heterocycles. The van der Waals surface area contributed by atoms with Gasteiger partial charge in [0.25, 0.3) is 0 Å². The highest BCUT2D eigenvalue weighted by Gasteiger charge is 2.43. The van der Waals surface area contributed by atoms with Crippen LogP contribution in [0.3, 0.4) is 0 Å². The number of hydrogen-bond donors (Lipinski definition) is 7. The fourth-order valence-corrected chi connectivity index (χ4v) is 10.6. The number of carbonyl (C=O) groups excluding carboxylic acids is 6. The predicted molar refractivity (Wildman–Crippen MR) is 334 cm³/mol. The van der Waals surface area contributed by atoms with Crippen LogP contribution in [-0.2, 0) is 66.7 Å². The lowest BCUT2D eigenvalue weighted by atomic mass is 9.99. The van der Waals surface area contributed by atoms with E-state index in [-0.39, 0.29) is 87.6 Å². The second kappa shape index (κ2) is 53.4. The van der Waals surface area contributed by atoms with Gasteiger partial charge < -0.3 is 73.6 Å². The van der Waals surface area contributed by atoms with Crippen molar-refractivity contribution in [2.24, 2.45) is 0 Å². The number of carbonyl (C=O) groups is 6. The molecule has 0 amide bonds. The minimum absolute atomic E-state index is 0.0152. The van der Waals surface area contributed by atoms with Crippen molar-refractivity contribution < 1.29 is 102 Å². The van der Waals surface area contributed by atoms with Gasteiger partial charge in [0.15, 0.2) is 12.6 Å². The van der Waals surface area contributed by atoms with Crippen molar-refractivity contribution in [1.82, 2.24) is 0 Å². The standard InChI is InChI=1S/C68H118O21/c1-3-5-7-27-37-52(86-61(74)45-35-43-59(72)84-50-55-64(77)54(69)49-63(76)88-55)39-29-21-15-9-11-17-23-31-41-57(70)82-47-33-25-19-13-14-20-26-34-48-83-58(71)42-32-24-18-12-10-16-22-30-40-53(38-28-8-6-4-2)87-62(75)46-36-44-60(73)85-51-56-65(78)66(79)67(80)68(81)89-56/h21-22,29-30,52-56,63-69,76-81H,3-20,23-28,31-51H2,1-2H3/b29-21+,30-22-/t52?,53?,54-,55-,56-,63?,64+,65?,66+,67+,68?/m1/s1. The third-order valence-corrected chi connectivity index (χ3v) is 16.1. The molecule has 0 radical (unpaired) electrons. The molecular weight excluding hydrogens is 1150 g/mol. The van der Waals surface area contributed by atoms with Gasteiger partial charge in [0.05, 0.1) is 19.3 Å². The van der Waals surface area contributed by atoms with Gasteiger partial charge in [-0.25, -0.2) is 0 Å². The molecule has 21 nitrogen and oxygen atoms in total. The Bertz CT molecular complexity index is 1900. The largest absolute Gasteiger partial charge is 0.466 e. The number of esters is 6. The Morgan fingerprint density at radius 3 is 1.20 bits per heavy atom. The topological polar surface area (TPSA) is 318 Å². The lowest BCUT2D eigenvalue weighted by Crippen LogP contribution is -2.58. The fourth-order valence-electron chi connectivity index (χ4n) is 10.6. The minimum atomic E-state index is -1.72. The first-order chi connectivity index (χ1) is 43.0. The summed E-state index contributed by atoms with van der Waals surface area (Å²) in [6.45, 7) is 4.50. The van der Waals surface area contributed by atoms with Crippen molar-refractivity contribution in [3.05, 3.63) is 24.3 Å². The Balaban J connectivity index is 1.39. The van der Waals surface area contributed by atoms with Gasteiger partial charge in [0.2, 0.25) is 0 Å². The molecule has 0 spiro atoms. The maximum atomic E-state index is 12.7. The highest BCUT2D eigenvalue weighted by atomic mass is 16.7. The molecule has 516 valence electrons. The van der Waals surface area contributed by atoms with Gasteiger partial charge in [0, 0.05) is 57.8 Å². The maximum Gasteiger partial charge on any atom is 0.306 e. The number of allylic oxidation sites excluding steroid dienone is 2. The number of ether oxygens (including phenoxy) is 8. The fraction of sp³-hybridized carbons (Fsp3) is 0.853. The summed E-state index contributed by atoms with van der Waals surface area (Å²) in [7, 11) is 0. The second-order valence-electron chi connectivity index (χ2n) is 24.3. The zero-order valence-corrected chi connectivity index (χ0v) is 54.3. The summed E-state index contributed by atoms with van der Waals surface area (Å²) in [5.41, 5.74) is 0. The van der Waals surface area contributed by atoms with Crippen LogP contribution in [0.4, 0.5) is 0 Å². The predicted octanol–water partition coefficient (Wildman–Crippen LogP) is 10.4. The molecular formula is C68H118O21. The lowest BCUT2D eigenvalue weighted by molar-refractivity contribution is -0.287. The van der Waals surface area contributed by atoms with E-state index in [0.29, 0.717) is 38.9 Å². The Hall–Kier alpha value is -4.06. The normalized spacial score (nSPS) is 21.8. The van der Waals surface area contributed by atoms with Crippen LogP contribution >= 0.6 is 0 Å². The van der Waals surface area contributed by atoms with Crippen molar-refractivity contribution in [1.29, 1.82) is 0 Å². The lowest BCUT2D eigenvalue weighted by Gasteiger charge is -2.37. The van der Waals surface area contributed by atoms with Gasteiger partial charge in [-0.05, 0) is 89.9 Å². The molecule has 89 heavy (non-hydrogen) atoms. The van der Waals surface area contributed by atoms with E-state index in [1.54, 1.807) is 0 Å². The molecule has 0 aromatic carbocycles. The Kier molecular flexibility index (Phi) is 48.7. The number of aliphatic hydroxyl groups excluding tert-OH is 7. The number of aliphatic hydroxyl groups is 7. The van der Waals surface area contributed by atoms with Crippen LogP contribution in [0.5, 0.6) is 0 Å². The quantitative estimate of drug-likeness (QED) is 0.0129. The van der Waals surface area contributed by atoms with Gasteiger partial charge in [-0.2, -0.15) is 0 Å². The zero-order chi connectivity index (χ0) is 65.1. The van der Waals surface area contributed by atoms with Crippen molar-refractivity contribution in [3.8, 4) is 0 Å². The molecule has 2 rings (SSSR count). The molecule has 2 fully saturated rings. The van der Waals surface area contributed by atoms with E-state index in [2.05, 4.69) is 38.2 Å². The van der Waals surface area contributed by atoms with Crippen LogP contribution in [0.2, 0.25) is 0 Å². The third-order valence-electron chi connectivity index (χ3n) is 16.1. The minimum Gasteiger partial charge on any atom is -0.466 e. The van der Waals surface area contributed by atoms with Gasteiger partial charge in [-0.3, -0.25) is 28.8 Å². The molecule has 7 N–H and O–H groups in total.